The van der Waals surface area contributed by atoms with E-state index in [1.165, 1.54) is 0 Å². The summed E-state index contributed by atoms with van der Waals surface area (Å²) in [5, 5.41) is 0. The van der Waals surface area contributed by atoms with Gasteiger partial charge < -0.3 is 18.9 Å². The van der Waals surface area contributed by atoms with E-state index < -0.39 is 11.9 Å². The fourth-order valence-electron chi connectivity index (χ4n) is 3.19. The van der Waals surface area contributed by atoms with E-state index in [0.29, 0.717) is 46.5 Å². The molecule has 0 saturated carbocycles. The third-order valence-corrected chi connectivity index (χ3v) is 5.50. The quantitative estimate of drug-likeness (QED) is 0.0771. The summed E-state index contributed by atoms with van der Waals surface area (Å²) in [4.78, 5) is 24.1. The third kappa shape index (κ3) is 8.46. The van der Waals surface area contributed by atoms with E-state index >= 15 is 0 Å². The number of allylic oxidation sites excluding steroid dienone is 1. The van der Waals surface area contributed by atoms with Gasteiger partial charge in [0.1, 0.15) is 35.4 Å². The van der Waals surface area contributed by atoms with Crippen LogP contribution in [-0.2, 0) is 9.59 Å². The SMILES string of the molecule is C=C(C)C(=C)Oc1ccc(OC/C=C/c2ccc(-c3ccc(OC(=O)C(=C)C)cc3)cc2OC(=O)C(=C)C)cc1. The van der Waals surface area contributed by atoms with E-state index in [1.807, 2.05) is 43.3 Å². The molecule has 0 atom stereocenters. The van der Waals surface area contributed by atoms with Gasteiger partial charge in [-0.2, -0.15) is 0 Å². The fourth-order valence-corrected chi connectivity index (χ4v) is 3.19. The van der Waals surface area contributed by atoms with Crippen molar-refractivity contribution in [2.45, 2.75) is 20.8 Å². The van der Waals surface area contributed by atoms with Gasteiger partial charge in [-0.25, -0.2) is 9.59 Å². The molecule has 0 saturated heterocycles. The maximum absolute atomic E-state index is 12.3. The summed E-state index contributed by atoms with van der Waals surface area (Å²) in [6, 6.07) is 19.7. The van der Waals surface area contributed by atoms with Crippen LogP contribution in [0.3, 0.4) is 0 Å². The maximum Gasteiger partial charge on any atom is 0.338 e. The van der Waals surface area contributed by atoms with Crippen molar-refractivity contribution in [3.8, 4) is 34.1 Å². The summed E-state index contributed by atoms with van der Waals surface area (Å²) in [6.45, 7) is 20.2. The second-order valence-electron chi connectivity index (χ2n) is 9.11. The van der Waals surface area contributed by atoms with Crippen LogP contribution in [0.25, 0.3) is 17.2 Å². The summed E-state index contributed by atoms with van der Waals surface area (Å²) in [7, 11) is 0. The van der Waals surface area contributed by atoms with Crippen LogP contribution in [0.2, 0.25) is 0 Å². The smallest absolute Gasteiger partial charge is 0.338 e. The lowest BCUT2D eigenvalue weighted by atomic mass is 10.0. The molecule has 0 aromatic heterocycles. The Morgan fingerprint density at radius 2 is 1.18 bits per heavy atom. The van der Waals surface area contributed by atoms with Crippen molar-refractivity contribution in [2.75, 3.05) is 6.61 Å². The largest absolute Gasteiger partial charge is 0.490 e. The standard InChI is InChI=1S/C34H32O6/c1-22(2)25(7)38-30-18-16-29(17-19-30)37-20-8-9-27-10-11-28(21-32(27)40-34(36)24(5)6)26-12-14-31(15-13-26)39-33(35)23(3)4/h8-19,21H,1,3,5,7,20H2,2,4,6H3/b9-8+. The number of carbonyl (C=O) groups is 2. The summed E-state index contributed by atoms with van der Waals surface area (Å²) in [5.41, 5.74) is 3.71. The predicted molar refractivity (Wildman–Crippen MR) is 158 cm³/mol. The molecule has 0 bridgehead atoms. The second kappa shape index (κ2) is 13.6. The van der Waals surface area contributed by atoms with Crippen molar-refractivity contribution in [1.82, 2.24) is 0 Å². The van der Waals surface area contributed by atoms with Gasteiger partial charge in [-0.15, -0.1) is 0 Å². The molecule has 6 nitrogen and oxygen atoms in total. The number of hydrogen-bond acceptors (Lipinski definition) is 6. The predicted octanol–water partition coefficient (Wildman–Crippen LogP) is 7.88. The third-order valence-electron chi connectivity index (χ3n) is 5.50. The molecular formula is C34H32O6. The van der Waals surface area contributed by atoms with Crippen molar-refractivity contribution >= 4 is 18.0 Å². The molecule has 3 aromatic rings. The molecule has 0 spiro atoms. The van der Waals surface area contributed by atoms with Gasteiger partial charge in [0.05, 0.1) is 0 Å². The Labute approximate surface area is 235 Å². The highest BCUT2D eigenvalue weighted by Crippen LogP contribution is 2.30. The van der Waals surface area contributed by atoms with Crippen LogP contribution < -0.4 is 18.9 Å². The Hall–Kier alpha value is -5.10. The number of rotatable bonds is 12. The van der Waals surface area contributed by atoms with Crippen molar-refractivity contribution in [1.29, 1.82) is 0 Å². The highest BCUT2D eigenvalue weighted by molar-refractivity contribution is 5.90. The van der Waals surface area contributed by atoms with E-state index in [0.717, 1.165) is 16.7 Å². The van der Waals surface area contributed by atoms with E-state index in [-0.39, 0.29) is 5.57 Å². The zero-order chi connectivity index (χ0) is 29.2. The average Bonchev–Trinajstić information content (AvgIpc) is 2.92. The molecule has 0 unspecified atom stereocenters. The Morgan fingerprint density at radius 3 is 1.77 bits per heavy atom. The van der Waals surface area contributed by atoms with Crippen LogP contribution in [0.15, 0.2) is 122 Å². The van der Waals surface area contributed by atoms with Gasteiger partial charge in [-0.05, 0) is 86.0 Å². The van der Waals surface area contributed by atoms with Crippen molar-refractivity contribution < 1.29 is 28.5 Å². The summed E-state index contributed by atoms with van der Waals surface area (Å²) in [5.74, 6) is 1.58. The monoisotopic (exact) mass is 536 g/mol. The number of esters is 2. The van der Waals surface area contributed by atoms with Gasteiger partial charge in [0.2, 0.25) is 0 Å². The van der Waals surface area contributed by atoms with Crippen molar-refractivity contribution in [3.63, 3.8) is 0 Å². The van der Waals surface area contributed by atoms with E-state index in [2.05, 4.69) is 26.3 Å². The molecule has 3 aromatic carbocycles. The lowest BCUT2D eigenvalue weighted by Gasteiger charge is -2.11. The van der Waals surface area contributed by atoms with Crippen LogP contribution in [0.4, 0.5) is 0 Å². The number of benzene rings is 3. The minimum absolute atomic E-state index is 0.284. The fraction of sp³-hybridized carbons (Fsp3) is 0.118. The Balaban J connectivity index is 1.72. The Morgan fingerprint density at radius 1 is 0.650 bits per heavy atom. The molecule has 0 radical (unpaired) electrons. The minimum Gasteiger partial charge on any atom is -0.490 e. The molecule has 0 aliphatic rings. The van der Waals surface area contributed by atoms with Gasteiger partial charge in [0.15, 0.2) is 0 Å². The first-order chi connectivity index (χ1) is 19.0. The van der Waals surface area contributed by atoms with Crippen LogP contribution >= 0.6 is 0 Å². The molecule has 0 heterocycles. The van der Waals surface area contributed by atoms with Crippen LogP contribution in [0.1, 0.15) is 26.3 Å². The number of hydrogen-bond donors (Lipinski definition) is 0. The minimum atomic E-state index is -0.526. The maximum atomic E-state index is 12.3. The molecule has 204 valence electrons. The molecule has 0 fully saturated rings. The molecular weight excluding hydrogens is 504 g/mol. The molecule has 40 heavy (non-hydrogen) atoms. The van der Waals surface area contributed by atoms with Gasteiger partial charge in [0.25, 0.3) is 0 Å². The van der Waals surface area contributed by atoms with Crippen molar-refractivity contribution in [3.05, 3.63) is 127 Å². The van der Waals surface area contributed by atoms with Crippen LogP contribution in [-0.4, -0.2) is 18.5 Å². The first-order valence-corrected chi connectivity index (χ1v) is 12.5. The lowest BCUT2D eigenvalue weighted by molar-refractivity contribution is -0.130. The van der Waals surface area contributed by atoms with E-state index in [4.69, 9.17) is 18.9 Å². The summed E-state index contributed by atoms with van der Waals surface area (Å²) < 4.78 is 22.3. The van der Waals surface area contributed by atoms with Gasteiger partial charge >= 0.3 is 11.9 Å². The highest BCUT2D eigenvalue weighted by atomic mass is 16.5. The highest BCUT2D eigenvalue weighted by Gasteiger charge is 2.12. The molecule has 0 N–H and O–H groups in total. The topological polar surface area (TPSA) is 71.1 Å². The summed E-state index contributed by atoms with van der Waals surface area (Å²) >= 11 is 0. The molecule has 0 aliphatic carbocycles. The Bertz CT molecular complexity index is 1470. The molecule has 0 amide bonds. The average molecular weight is 537 g/mol. The normalized spacial score (nSPS) is 10.5. The van der Waals surface area contributed by atoms with E-state index in [9.17, 15) is 9.59 Å². The van der Waals surface area contributed by atoms with Gasteiger partial charge in [0, 0.05) is 16.7 Å². The zero-order valence-corrected chi connectivity index (χ0v) is 23.0. The first kappa shape index (κ1) is 29.5. The number of carbonyl (C=O) groups excluding carboxylic acids is 2. The van der Waals surface area contributed by atoms with Crippen LogP contribution in [0, 0.1) is 0 Å². The van der Waals surface area contributed by atoms with E-state index in [1.54, 1.807) is 56.3 Å². The molecule has 6 heteroatoms. The van der Waals surface area contributed by atoms with Gasteiger partial charge in [-0.3, -0.25) is 0 Å². The molecule has 3 rings (SSSR count). The Kier molecular flexibility index (Phi) is 10.0. The first-order valence-electron chi connectivity index (χ1n) is 12.5. The lowest BCUT2D eigenvalue weighted by Crippen LogP contribution is -2.09. The molecule has 0 aliphatic heterocycles. The summed E-state index contributed by atoms with van der Waals surface area (Å²) in [6.07, 6.45) is 3.64. The van der Waals surface area contributed by atoms with Crippen LogP contribution in [0.5, 0.6) is 23.0 Å². The van der Waals surface area contributed by atoms with Crippen molar-refractivity contribution in [2.24, 2.45) is 0 Å². The number of ether oxygens (including phenoxy) is 4. The van der Waals surface area contributed by atoms with Gasteiger partial charge in [-0.1, -0.05) is 56.7 Å². The zero-order valence-electron chi connectivity index (χ0n) is 23.0. The second-order valence-corrected chi connectivity index (χ2v) is 9.11.